The van der Waals surface area contributed by atoms with E-state index in [9.17, 15) is 4.21 Å². The van der Waals surface area contributed by atoms with Gasteiger partial charge in [-0.15, -0.1) is 0 Å². The maximum Gasteiger partial charge on any atom is 0.238 e. The normalized spacial score (nSPS) is 24.8. The van der Waals surface area contributed by atoms with Crippen LogP contribution in [0.1, 0.15) is 44.4 Å². The predicted molar refractivity (Wildman–Crippen MR) is 109 cm³/mol. The molecule has 0 saturated carbocycles. The van der Waals surface area contributed by atoms with Gasteiger partial charge in [-0.1, -0.05) is 74.5 Å². The van der Waals surface area contributed by atoms with E-state index in [4.69, 9.17) is 8.92 Å². The quantitative estimate of drug-likeness (QED) is 0.694. The topological polar surface area (TPSA) is 38.8 Å². The van der Waals surface area contributed by atoms with E-state index < -0.39 is 11.3 Å². The minimum Gasteiger partial charge on any atom is -0.369 e. The highest BCUT2D eigenvalue weighted by Gasteiger charge is 2.41. The summed E-state index contributed by atoms with van der Waals surface area (Å²) in [5.41, 5.74) is 2.27. The fraction of sp³-hybridized carbons (Fsp3) is 0.455. The largest absolute Gasteiger partial charge is 0.369 e. The summed E-state index contributed by atoms with van der Waals surface area (Å²) in [6.45, 7) is 7.36. The lowest BCUT2D eigenvalue weighted by molar-refractivity contribution is -0.0565. The molecule has 4 atom stereocenters. The molecule has 4 nitrogen and oxygen atoms in total. The minimum absolute atomic E-state index is 0.0149. The van der Waals surface area contributed by atoms with Crippen molar-refractivity contribution in [3.05, 3.63) is 71.8 Å². The van der Waals surface area contributed by atoms with Crippen molar-refractivity contribution in [2.45, 2.75) is 52.0 Å². The summed E-state index contributed by atoms with van der Waals surface area (Å²) in [5.74, 6) is 0.471. The van der Waals surface area contributed by atoms with Crippen LogP contribution in [0.15, 0.2) is 60.7 Å². The number of hydrogen-bond donors (Lipinski definition) is 0. The summed E-state index contributed by atoms with van der Waals surface area (Å²) in [4.78, 5) is 0. The van der Waals surface area contributed by atoms with Crippen LogP contribution in [-0.4, -0.2) is 27.3 Å². The first-order valence-corrected chi connectivity index (χ1v) is 10.6. The molecule has 1 unspecified atom stereocenters. The first-order valence-electron chi connectivity index (χ1n) is 9.60. The van der Waals surface area contributed by atoms with Gasteiger partial charge in [-0.25, -0.2) is 4.21 Å². The summed E-state index contributed by atoms with van der Waals surface area (Å²) in [5, 5.41) is 0. The van der Waals surface area contributed by atoms with Crippen molar-refractivity contribution in [3.8, 4) is 0 Å². The molecule has 0 amide bonds. The Morgan fingerprint density at radius 2 is 1.70 bits per heavy atom. The number of benzene rings is 2. The van der Waals surface area contributed by atoms with Crippen LogP contribution in [0.2, 0.25) is 0 Å². The lowest BCUT2D eigenvalue weighted by Crippen LogP contribution is -2.53. The van der Waals surface area contributed by atoms with Crippen LogP contribution >= 0.6 is 0 Å². The van der Waals surface area contributed by atoms with Crippen molar-refractivity contribution in [1.29, 1.82) is 0 Å². The van der Waals surface area contributed by atoms with E-state index in [1.54, 1.807) is 0 Å². The van der Waals surface area contributed by atoms with E-state index in [1.807, 2.05) is 40.7 Å². The predicted octanol–water partition coefficient (Wildman–Crippen LogP) is 4.66. The second kappa shape index (κ2) is 9.60. The van der Waals surface area contributed by atoms with Crippen LogP contribution in [0, 0.1) is 5.92 Å². The Hall–Kier alpha value is -1.53. The van der Waals surface area contributed by atoms with E-state index in [0.29, 0.717) is 19.1 Å². The number of ether oxygens (including phenoxy) is 1. The van der Waals surface area contributed by atoms with Crippen molar-refractivity contribution >= 4 is 11.3 Å². The van der Waals surface area contributed by atoms with E-state index in [-0.39, 0.29) is 18.2 Å². The molecule has 0 radical (unpaired) electrons. The van der Waals surface area contributed by atoms with Crippen LogP contribution in [0.5, 0.6) is 0 Å². The minimum atomic E-state index is -1.47. The van der Waals surface area contributed by atoms with Gasteiger partial charge in [0.05, 0.1) is 25.4 Å². The molecular formula is C22H29NO3S. The molecule has 3 rings (SSSR count). The highest BCUT2D eigenvalue weighted by atomic mass is 32.2. The van der Waals surface area contributed by atoms with Gasteiger partial charge in [-0.3, -0.25) is 4.18 Å². The van der Waals surface area contributed by atoms with Gasteiger partial charge in [0.1, 0.15) is 0 Å². The number of hydrogen-bond acceptors (Lipinski definition) is 3. The smallest absolute Gasteiger partial charge is 0.238 e. The highest BCUT2D eigenvalue weighted by Crippen LogP contribution is 2.33. The van der Waals surface area contributed by atoms with Gasteiger partial charge in [0.25, 0.3) is 0 Å². The molecule has 5 heteroatoms. The van der Waals surface area contributed by atoms with Gasteiger partial charge in [0.2, 0.25) is 11.3 Å². The summed E-state index contributed by atoms with van der Waals surface area (Å²) in [7, 11) is 0. The maximum atomic E-state index is 12.8. The molecule has 0 N–H and O–H groups in total. The van der Waals surface area contributed by atoms with Crippen LogP contribution < -0.4 is 0 Å². The molecule has 0 spiro atoms. The maximum absolute atomic E-state index is 12.8. The number of rotatable bonds is 7. The fourth-order valence-corrected chi connectivity index (χ4v) is 4.74. The third-order valence-corrected chi connectivity index (χ3v) is 6.21. The fourth-order valence-electron chi connectivity index (χ4n) is 3.54. The zero-order valence-electron chi connectivity index (χ0n) is 16.3. The van der Waals surface area contributed by atoms with Crippen molar-refractivity contribution in [1.82, 2.24) is 4.31 Å². The molecule has 146 valence electrons. The molecule has 2 aromatic rings. The second-order valence-electron chi connectivity index (χ2n) is 7.48. The van der Waals surface area contributed by atoms with E-state index in [1.165, 1.54) is 0 Å². The molecule has 0 aliphatic carbocycles. The average molecular weight is 388 g/mol. The molecule has 1 saturated heterocycles. The standard InChI is InChI=1S/C22H29NO3S/c1-17(2)14-21-22(25-15-19-10-6-4-7-11-19)16-26-27(24)23(21)18(3)20-12-8-5-9-13-20/h4-13,17-18,21-22H,14-16H2,1-3H3/t18-,21+,22+,27?/m1/s1. The van der Waals surface area contributed by atoms with Gasteiger partial charge in [0, 0.05) is 6.04 Å². The Morgan fingerprint density at radius 1 is 1.07 bits per heavy atom. The first-order chi connectivity index (χ1) is 13.1. The lowest BCUT2D eigenvalue weighted by atomic mass is 9.97. The van der Waals surface area contributed by atoms with Gasteiger partial charge < -0.3 is 4.74 Å². The molecule has 2 aromatic carbocycles. The Bertz CT molecular complexity index is 723. The van der Waals surface area contributed by atoms with Gasteiger partial charge in [0.15, 0.2) is 0 Å². The van der Waals surface area contributed by atoms with Crippen molar-refractivity contribution in [2.75, 3.05) is 6.61 Å². The molecule has 1 aliphatic heterocycles. The molecule has 0 aromatic heterocycles. The van der Waals surface area contributed by atoms with Gasteiger partial charge >= 0.3 is 0 Å². The second-order valence-corrected chi connectivity index (χ2v) is 8.57. The van der Waals surface area contributed by atoms with Gasteiger partial charge in [-0.2, -0.15) is 4.31 Å². The summed E-state index contributed by atoms with van der Waals surface area (Å²) >= 11 is -1.47. The monoisotopic (exact) mass is 387 g/mol. The summed E-state index contributed by atoms with van der Waals surface area (Å²) < 4.78 is 26.6. The third kappa shape index (κ3) is 5.26. The van der Waals surface area contributed by atoms with E-state index in [0.717, 1.165) is 17.5 Å². The summed E-state index contributed by atoms with van der Waals surface area (Å²) in [6.07, 6.45) is 0.794. The van der Waals surface area contributed by atoms with Crippen LogP contribution in [0.3, 0.4) is 0 Å². The zero-order chi connectivity index (χ0) is 19.2. The molecule has 1 fully saturated rings. The summed E-state index contributed by atoms with van der Waals surface area (Å²) in [6, 6.07) is 20.3. The number of nitrogens with zero attached hydrogens (tertiary/aromatic N) is 1. The highest BCUT2D eigenvalue weighted by molar-refractivity contribution is 7.77. The van der Waals surface area contributed by atoms with Gasteiger partial charge in [-0.05, 0) is 30.4 Å². The molecule has 1 aliphatic rings. The Kier molecular flexibility index (Phi) is 7.19. The van der Waals surface area contributed by atoms with Crippen molar-refractivity contribution < 1.29 is 13.1 Å². The van der Waals surface area contributed by atoms with E-state index in [2.05, 4.69) is 45.0 Å². The SMILES string of the molecule is CC(C)C[C@H]1[C@@H](OCc2ccccc2)COS(=O)N1[C@H](C)c1ccccc1. The first kappa shape index (κ1) is 20.2. The van der Waals surface area contributed by atoms with E-state index >= 15 is 0 Å². The molecule has 0 bridgehead atoms. The average Bonchev–Trinajstić information content (AvgIpc) is 2.68. The van der Waals surface area contributed by atoms with Crippen molar-refractivity contribution in [2.24, 2.45) is 5.92 Å². The zero-order valence-corrected chi connectivity index (χ0v) is 17.1. The lowest BCUT2D eigenvalue weighted by Gasteiger charge is -2.42. The Balaban J connectivity index is 1.80. The molecule has 1 heterocycles. The third-order valence-electron chi connectivity index (χ3n) is 4.94. The Labute approximate surface area is 165 Å². The van der Waals surface area contributed by atoms with Crippen LogP contribution in [-0.2, 0) is 26.8 Å². The molecular weight excluding hydrogens is 358 g/mol. The molecule has 27 heavy (non-hydrogen) atoms. The van der Waals surface area contributed by atoms with Crippen LogP contribution in [0.25, 0.3) is 0 Å². The van der Waals surface area contributed by atoms with Crippen molar-refractivity contribution in [3.63, 3.8) is 0 Å². The van der Waals surface area contributed by atoms with Crippen LogP contribution in [0.4, 0.5) is 0 Å². The Morgan fingerprint density at radius 3 is 2.33 bits per heavy atom.